The summed E-state index contributed by atoms with van der Waals surface area (Å²) in [6, 6.07) is 15.3. The lowest BCUT2D eigenvalue weighted by Gasteiger charge is -2.11. The fraction of sp³-hybridized carbons (Fsp3) is 0.286. The molecular weight excluding hydrogens is 298 g/mol. The normalized spacial score (nSPS) is 11.5. The highest BCUT2D eigenvalue weighted by Crippen LogP contribution is 2.17. The van der Waals surface area contributed by atoms with Crippen LogP contribution in [0.15, 0.2) is 54.6 Å². The molecule has 2 rings (SSSR count). The second-order valence-electron chi connectivity index (χ2n) is 6.86. The Hall–Kier alpha value is -2.55. The standard InChI is InChI=1S/C21H25NO2/c1-21(2,3)13-12-16-8-10-18(11-9-16)20(23)22-15-17-6-5-7-19(14-17)24-4/h5-14H,15H2,1-4H3,(H,22,23)/b13-12+. The molecule has 24 heavy (non-hydrogen) atoms. The van der Waals surface area contributed by atoms with Crippen LogP contribution in [0.2, 0.25) is 0 Å². The molecule has 126 valence electrons. The fourth-order valence-electron chi connectivity index (χ4n) is 2.16. The number of rotatable bonds is 5. The van der Waals surface area contributed by atoms with Crippen molar-refractivity contribution in [2.75, 3.05) is 7.11 Å². The molecule has 0 aliphatic heterocycles. The second kappa shape index (κ2) is 7.82. The number of benzene rings is 2. The Labute approximate surface area is 144 Å². The molecule has 0 saturated carbocycles. The molecule has 0 radical (unpaired) electrons. The number of hydrogen-bond acceptors (Lipinski definition) is 2. The van der Waals surface area contributed by atoms with Crippen molar-refractivity contribution in [3.8, 4) is 5.75 Å². The number of allylic oxidation sites excluding steroid dienone is 1. The van der Waals surface area contributed by atoms with Crippen molar-refractivity contribution in [1.82, 2.24) is 5.32 Å². The second-order valence-corrected chi connectivity index (χ2v) is 6.86. The van der Waals surface area contributed by atoms with Crippen LogP contribution in [-0.2, 0) is 6.54 Å². The SMILES string of the molecule is COc1cccc(CNC(=O)c2ccc(/C=C/C(C)(C)C)cc2)c1. The lowest BCUT2D eigenvalue weighted by Crippen LogP contribution is -2.22. The van der Waals surface area contributed by atoms with Crippen LogP contribution in [0, 0.1) is 5.41 Å². The fourth-order valence-corrected chi connectivity index (χ4v) is 2.16. The van der Waals surface area contributed by atoms with Gasteiger partial charge in [0.05, 0.1) is 7.11 Å². The largest absolute Gasteiger partial charge is 0.497 e. The molecular formula is C21H25NO2. The van der Waals surface area contributed by atoms with E-state index in [0.29, 0.717) is 12.1 Å². The van der Waals surface area contributed by atoms with Crippen molar-refractivity contribution >= 4 is 12.0 Å². The maximum absolute atomic E-state index is 12.2. The molecule has 2 aromatic rings. The number of ether oxygens (including phenoxy) is 1. The summed E-state index contributed by atoms with van der Waals surface area (Å²) in [5.74, 6) is 0.709. The van der Waals surface area contributed by atoms with Gasteiger partial charge in [0.25, 0.3) is 5.91 Å². The van der Waals surface area contributed by atoms with Crippen molar-refractivity contribution in [2.45, 2.75) is 27.3 Å². The van der Waals surface area contributed by atoms with E-state index in [9.17, 15) is 4.79 Å². The maximum Gasteiger partial charge on any atom is 0.251 e. The molecule has 0 bridgehead atoms. The zero-order valence-electron chi connectivity index (χ0n) is 14.8. The van der Waals surface area contributed by atoms with Crippen molar-refractivity contribution in [3.63, 3.8) is 0 Å². The Kier molecular flexibility index (Phi) is 5.80. The van der Waals surface area contributed by atoms with Gasteiger partial charge in [-0.3, -0.25) is 4.79 Å². The summed E-state index contributed by atoms with van der Waals surface area (Å²) < 4.78 is 5.19. The topological polar surface area (TPSA) is 38.3 Å². The summed E-state index contributed by atoms with van der Waals surface area (Å²) in [7, 11) is 1.63. The molecule has 3 heteroatoms. The number of methoxy groups -OCH3 is 1. The molecule has 0 unspecified atom stereocenters. The van der Waals surface area contributed by atoms with Crippen LogP contribution in [0.25, 0.3) is 6.08 Å². The van der Waals surface area contributed by atoms with E-state index in [1.54, 1.807) is 7.11 Å². The van der Waals surface area contributed by atoms with Gasteiger partial charge < -0.3 is 10.1 Å². The molecule has 0 atom stereocenters. The summed E-state index contributed by atoms with van der Waals surface area (Å²) >= 11 is 0. The Balaban J connectivity index is 1.96. The summed E-state index contributed by atoms with van der Waals surface area (Å²) in [6.07, 6.45) is 4.24. The van der Waals surface area contributed by atoms with Gasteiger partial charge in [0.1, 0.15) is 5.75 Å². The van der Waals surface area contributed by atoms with Crippen molar-refractivity contribution < 1.29 is 9.53 Å². The Bertz CT molecular complexity index is 709. The highest BCUT2D eigenvalue weighted by Gasteiger charge is 2.06. The van der Waals surface area contributed by atoms with E-state index in [2.05, 4.69) is 38.2 Å². The van der Waals surface area contributed by atoms with E-state index >= 15 is 0 Å². The van der Waals surface area contributed by atoms with Crippen LogP contribution in [0.1, 0.15) is 42.3 Å². The molecule has 0 heterocycles. The van der Waals surface area contributed by atoms with E-state index in [0.717, 1.165) is 16.9 Å². The summed E-state index contributed by atoms with van der Waals surface area (Å²) in [5, 5.41) is 2.93. The molecule has 1 N–H and O–H groups in total. The average molecular weight is 323 g/mol. The molecule has 0 spiro atoms. The van der Waals surface area contributed by atoms with Crippen molar-refractivity contribution in [1.29, 1.82) is 0 Å². The molecule has 2 aromatic carbocycles. The van der Waals surface area contributed by atoms with E-state index in [-0.39, 0.29) is 11.3 Å². The Morgan fingerprint density at radius 1 is 1.12 bits per heavy atom. The van der Waals surface area contributed by atoms with Gasteiger partial charge in [0, 0.05) is 12.1 Å². The van der Waals surface area contributed by atoms with E-state index in [1.165, 1.54) is 0 Å². The first-order valence-corrected chi connectivity index (χ1v) is 8.08. The molecule has 0 aromatic heterocycles. The third-order valence-electron chi connectivity index (χ3n) is 3.54. The quantitative estimate of drug-likeness (QED) is 0.867. The third-order valence-corrected chi connectivity index (χ3v) is 3.54. The molecule has 3 nitrogen and oxygen atoms in total. The van der Waals surface area contributed by atoms with Crippen molar-refractivity contribution in [3.05, 3.63) is 71.3 Å². The lowest BCUT2D eigenvalue weighted by molar-refractivity contribution is 0.0951. The van der Waals surface area contributed by atoms with Gasteiger partial charge in [-0.2, -0.15) is 0 Å². The molecule has 0 fully saturated rings. The van der Waals surface area contributed by atoms with Crippen LogP contribution in [0.5, 0.6) is 5.75 Å². The van der Waals surface area contributed by atoms with Crippen LogP contribution >= 0.6 is 0 Å². The number of hydrogen-bond donors (Lipinski definition) is 1. The van der Waals surface area contributed by atoms with Crippen molar-refractivity contribution in [2.24, 2.45) is 5.41 Å². The zero-order chi connectivity index (χ0) is 17.6. The van der Waals surface area contributed by atoms with Crippen LogP contribution in [0.4, 0.5) is 0 Å². The van der Waals surface area contributed by atoms with Crippen LogP contribution in [-0.4, -0.2) is 13.0 Å². The zero-order valence-corrected chi connectivity index (χ0v) is 14.8. The van der Waals surface area contributed by atoms with Gasteiger partial charge in [-0.25, -0.2) is 0 Å². The summed E-state index contributed by atoms with van der Waals surface area (Å²) in [5.41, 5.74) is 2.90. The van der Waals surface area contributed by atoms with E-state index in [4.69, 9.17) is 4.74 Å². The molecule has 0 saturated heterocycles. The van der Waals surface area contributed by atoms with Gasteiger partial charge in [0.15, 0.2) is 0 Å². The van der Waals surface area contributed by atoms with E-state index < -0.39 is 0 Å². The summed E-state index contributed by atoms with van der Waals surface area (Å²) in [4.78, 5) is 12.2. The van der Waals surface area contributed by atoms with Gasteiger partial charge in [-0.15, -0.1) is 0 Å². The molecule has 1 amide bonds. The Morgan fingerprint density at radius 3 is 2.46 bits per heavy atom. The predicted octanol–water partition coefficient (Wildman–Crippen LogP) is 4.68. The monoisotopic (exact) mass is 323 g/mol. The minimum Gasteiger partial charge on any atom is -0.497 e. The predicted molar refractivity (Wildman–Crippen MR) is 99.1 cm³/mol. The summed E-state index contributed by atoms with van der Waals surface area (Å²) in [6.45, 7) is 6.94. The minimum atomic E-state index is -0.0795. The number of carbonyl (C=O) groups is 1. The first-order chi connectivity index (χ1) is 11.4. The number of nitrogens with one attached hydrogen (secondary N) is 1. The first kappa shape index (κ1) is 17.8. The number of amides is 1. The highest BCUT2D eigenvalue weighted by molar-refractivity contribution is 5.94. The number of carbonyl (C=O) groups excluding carboxylic acids is 1. The minimum absolute atomic E-state index is 0.0795. The highest BCUT2D eigenvalue weighted by atomic mass is 16.5. The van der Waals surface area contributed by atoms with Crippen LogP contribution in [0.3, 0.4) is 0 Å². The van der Waals surface area contributed by atoms with E-state index in [1.807, 2.05) is 48.5 Å². The lowest BCUT2D eigenvalue weighted by atomic mass is 9.95. The third kappa shape index (κ3) is 5.58. The van der Waals surface area contributed by atoms with Gasteiger partial charge in [-0.1, -0.05) is 57.2 Å². The first-order valence-electron chi connectivity index (χ1n) is 8.08. The smallest absolute Gasteiger partial charge is 0.251 e. The maximum atomic E-state index is 12.2. The Morgan fingerprint density at radius 2 is 1.83 bits per heavy atom. The average Bonchev–Trinajstić information content (AvgIpc) is 2.58. The molecule has 0 aliphatic rings. The van der Waals surface area contributed by atoms with Gasteiger partial charge in [0.2, 0.25) is 0 Å². The van der Waals surface area contributed by atoms with Gasteiger partial charge in [-0.05, 0) is 40.8 Å². The van der Waals surface area contributed by atoms with Crippen LogP contribution < -0.4 is 10.1 Å². The molecule has 0 aliphatic carbocycles. The van der Waals surface area contributed by atoms with Gasteiger partial charge >= 0.3 is 0 Å².